The van der Waals surface area contributed by atoms with Crippen LogP contribution in [-0.2, 0) is 19.7 Å². The largest absolute Gasteiger partial charge is 0.313 e. The summed E-state index contributed by atoms with van der Waals surface area (Å²) >= 11 is 0. The summed E-state index contributed by atoms with van der Waals surface area (Å²) in [4.78, 5) is 0. The van der Waals surface area contributed by atoms with E-state index in [1.165, 1.54) is 0 Å². The Hall–Kier alpha value is -0.140. The van der Waals surface area contributed by atoms with Gasteiger partial charge in [0, 0.05) is 12.3 Å². The van der Waals surface area contributed by atoms with Gasteiger partial charge in [-0.3, -0.25) is 0 Å². The molecule has 0 heterocycles. The van der Waals surface area contributed by atoms with Crippen LogP contribution in [0, 0.1) is 5.41 Å². The molecule has 0 bridgehead atoms. The van der Waals surface area contributed by atoms with E-state index < -0.39 is 19.7 Å². The molecular weight excluding hydrogens is 274 g/mol. The Morgan fingerprint density at radius 3 is 1.89 bits per heavy atom. The van der Waals surface area contributed by atoms with Crippen LogP contribution in [0.4, 0.5) is 0 Å². The van der Waals surface area contributed by atoms with E-state index in [1.807, 2.05) is 27.7 Å². The number of hydrogen-bond donors (Lipinski definition) is 1. The number of nitrogens with one attached hydrogen (secondary N) is 1. The molecule has 0 aromatic rings. The maximum atomic E-state index is 11.9. The van der Waals surface area contributed by atoms with Gasteiger partial charge in [-0.05, 0) is 12.0 Å². The highest BCUT2D eigenvalue weighted by Crippen LogP contribution is 2.20. The lowest BCUT2D eigenvalue weighted by atomic mass is 9.88. The Bertz CT molecular complexity index is 446. The second-order valence-electron chi connectivity index (χ2n) is 5.72. The monoisotopic (exact) mass is 299 g/mol. The van der Waals surface area contributed by atoms with Crippen molar-refractivity contribution in [1.82, 2.24) is 5.32 Å². The Morgan fingerprint density at radius 2 is 1.56 bits per heavy atom. The fraction of sp³-hybridized carbons (Fsp3) is 1.00. The molecule has 0 aromatic carbocycles. The molecular formula is C11H25NO4S2. The molecule has 0 saturated heterocycles. The molecule has 0 spiro atoms. The molecule has 0 rings (SSSR count). The Labute approximate surface area is 111 Å². The van der Waals surface area contributed by atoms with Gasteiger partial charge in [-0.2, -0.15) is 0 Å². The van der Waals surface area contributed by atoms with Crippen molar-refractivity contribution in [2.75, 3.05) is 30.1 Å². The summed E-state index contributed by atoms with van der Waals surface area (Å²) in [6, 6.07) is -0.174. The van der Waals surface area contributed by atoms with Gasteiger partial charge in [-0.15, -0.1) is 0 Å². The standard InChI is InChI=1S/C11H25NO4S2/c1-6-12-10(11(2,3)4)9-18(15,16)8-7-17(5,13)14/h10,12H,6-9H2,1-5H3. The molecule has 0 radical (unpaired) electrons. The van der Waals surface area contributed by atoms with E-state index in [0.717, 1.165) is 6.26 Å². The van der Waals surface area contributed by atoms with Crippen molar-refractivity contribution in [2.24, 2.45) is 5.41 Å². The molecule has 1 atom stereocenters. The van der Waals surface area contributed by atoms with Gasteiger partial charge in [-0.1, -0.05) is 27.7 Å². The minimum absolute atomic E-state index is 0.0279. The molecule has 0 aliphatic rings. The van der Waals surface area contributed by atoms with E-state index in [-0.39, 0.29) is 28.7 Å². The van der Waals surface area contributed by atoms with Crippen LogP contribution < -0.4 is 5.32 Å². The number of sulfone groups is 2. The van der Waals surface area contributed by atoms with E-state index in [9.17, 15) is 16.8 Å². The first-order valence-corrected chi connectivity index (χ1v) is 9.87. The van der Waals surface area contributed by atoms with E-state index in [2.05, 4.69) is 5.32 Å². The van der Waals surface area contributed by atoms with Gasteiger partial charge in [0.05, 0.1) is 17.3 Å². The lowest BCUT2D eigenvalue weighted by molar-refractivity contribution is 0.292. The zero-order valence-electron chi connectivity index (χ0n) is 11.9. The predicted molar refractivity (Wildman–Crippen MR) is 75.3 cm³/mol. The third-order valence-corrected chi connectivity index (χ3v) is 5.55. The van der Waals surface area contributed by atoms with Crippen molar-refractivity contribution in [3.63, 3.8) is 0 Å². The fourth-order valence-electron chi connectivity index (χ4n) is 1.48. The Kier molecular flexibility index (Phi) is 6.29. The van der Waals surface area contributed by atoms with E-state index in [1.54, 1.807) is 0 Å². The Balaban J connectivity index is 4.72. The molecule has 1 unspecified atom stereocenters. The highest BCUT2D eigenvalue weighted by Gasteiger charge is 2.29. The lowest BCUT2D eigenvalue weighted by Crippen LogP contribution is -2.45. The van der Waals surface area contributed by atoms with Crippen LogP contribution in [0.2, 0.25) is 0 Å². The summed E-state index contributed by atoms with van der Waals surface area (Å²) in [5.41, 5.74) is -0.186. The predicted octanol–water partition coefficient (Wildman–Crippen LogP) is 0.470. The van der Waals surface area contributed by atoms with Crippen LogP contribution in [0.15, 0.2) is 0 Å². The van der Waals surface area contributed by atoms with Crippen molar-refractivity contribution in [1.29, 1.82) is 0 Å². The van der Waals surface area contributed by atoms with Gasteiger partial charge in [0.2, 0.25) is 0 Å². The van der Waals surface area contributed by atoms with Gasteiger partial charge < -0.3 is 5.32 Å². The van der Waals surface area contributed by atoms with Gasteiger partial charge >= 0.3 is 0 Å². The fourth-order valence-corrected chi connectivity index (χ4v) is 5.00. The first-order chi connectivity index (χ1) is 7.87. The van der Waals surface area contributed by atoms with Gasteiger partial charge in [0.1, 0.15) is 9.84 Å². The van der Waals surface area contributed by atoms with Gasteiger partial charge in [0.15, 0.2) is 9.84 Å². The van der Waals surface area contributed by atoms with Crippen molar-refractivity contribution >= 4 is 19.7 Å². The average Bonchev–Trinajstić information content (AvgIpc) is 2.12. The second-order valence-corrected chi connectivity index (χ2v) is 10.2. The van der Waals surface area contributed by atoms with E-state index >= 15 is 0 Å². The third-order valence-electron chi connectivity index (χ3n) is 2.68. The van der Waals surface area contributed by atoms with Crippen molar-refractivity contribution in [3.8, 4) is 0 Å². The smallest absolute Gasteiger partial charge is 0.152 e. The highest BCUT2D eigenvalue weighted by molar-refractivity contribution is 7.94. The summed E-state index contributed by atoms with van der Waals surface area (Å²) < 4.78 is 45.8. The first-order valence-electron chi connectivity index (χ1n) is 5.99. The minimum Gasteiger partial charge on any atom is -0.313 e. The third kappa shape index (κ3) is 8.05. The molecule has 0 aliphatic heterocycles. The van der Waals surface area contributed by atoms with Crippen molar-refractivity contribution < 1.29 is 16.8 Å². The van der Waals surface area contributed by atoms with E-state index in [0.29, 0.717) is 6.54 Å². The molecule has 18 heavy (non-hydrogen) atoms. The molecule has 0 fully saturated rings. The first kappa shape index (κ1) is 17.9. The van der Waals surface area contributed by atoms with Crippen LogP contribution in [0.5, 0.6) is 0 Å². The van der Waals surface area contributed by atoms with Gasteiger partial charge in [-0.25, -0.2) is 16.8 Å². The second kappa shape index (κ2) is 6.34. The zero-order chi connectivity index (χ0) is 14.6. The van der Waals surface area contributed by atoms with Crippen molar-refractivity contribution in [2.45, 2.75) is 33.7 Å². The summed E-state index contributed by atoms with van der Waals surface area (Å²) in [5.74, 6) is -0.637. The van der Waals surface area contributed by atoms with E-state index in [4.69, 9.17) is 0 Å². The molecule has 0 saturated carbocycles. The van der Waals surface area contributed by atoms with Crippen LogP contribution in [-0.4, -0.2) is 52.9 Å². The minimum atomic E-state index is -3.36. The topological polar surface area (TPSA) is 80.3 Å². The van der Waals surface area contributed by atoms with Crippen molar-refractivity contribution in [3.05, 3.63) is 0 Å². The van der Waals surface area contributed by atoms with Gasteiger partial charge in [0.25, 0.3) is 0 Å². The molecule has 0 amide bonds. The summed E-state index contributed by atoms with van der Waals surface area (Å²) in [7, 11) is -6.60. The summed E-state index contributed by atoms with van der Waals surface area (Å²) in [5, 5.41) is 3.15. The normalized spacial score (nSPS) is 15.6. The summed E-state index contributed by atoms with van der Waals surface area (Å²) in [6.45, 7) is 8.50. The average molecular weight is 299 g/mol. The quantitative estimate of drug-likeness (QED) is 0.739. The maximum absolute atomic E-state index is 11.9. The molecule has 0 aliphatic carbocycles. The lowest BCUT2D eigenvalue weighted by Gasteiger charge is -2.31. The van der Waals surface area contributed by atoms with Crippen LogP contribution in [0.25, 0.3) is 0 Å². The number of hydrogen-bond acceptors (Lipinski definition) is 5. The SMILES string of the molecule is CCNC(CS(=O)(=O)CCS(C)(=O)=O)C(C)(C)C. The van der Waals surface area contributed by atoms with Crippen LogP contribution in [0.3, 0.4) is 0 Å². The van der Waals surface area contributed by atoms with Crippen LogP contribution >= 0.6 is 0 Å². The molecule has 7 heteroatoms. The maximum Gasteiger partial charge on any atom is 0.152 e. The molecule has 1 N–H and O–H groups in total. The van der Waals surface area contributed by atoms with Crippen LogP contribution in [0.1, 0.15) is 27.7 Å². The molecule has 0 aromatic heterocycles. The summed E-state index contributed by atoms with van der Waals surface area (Å²) in [6.07, 6.45) is 1.05. The molecule has 5 nitrogen and oxygen atoms in total. The Morgan fingerprint density at radius 1 is 1.06 bits per heavy atom. The molecule has 110 valence electrons. The highest BCUT2D eigenvalue weighted by atomic mass is 32.2. The zero-order valence-corrected chi connectivity index (χ0v) is 13.5. The number of rotatable bonds is 7.